The number of hydrogen-bond acceptors (Lipinski definition) is 1. The Kier molecular flexibility index (Phi) is 5.03. The zero-order valence-corrected chi connectivity index (χ0v) is 12.4. The zero-order chi connectivity index (χ0) is 13.2. The van der Waals surface area contributed by atoms with Crippen LogP contribution >= 0.6 is 0 Å². The van der Waals surface area contributed by atoms with Crippen LogP contribution in [-0.2, 0) is 4.79 Å². The van der Waals surface area contributed by atoms with Crippen molar-refractivity contribution >= 4 is 5.91 Å². The molecule has 0 saturated carbocycles. The van der Waals surface area contributed by atoms with E-state index in [9.17, 15) is 4.79 Å². The van der Waals surface area contributed by atoms with Crippen LogP contribution in [0.5, 0.6) is 0 Å². The van der Waals surface area contributed by atoms with Crippen molar-refractivity contribution in [2.24, 2.45) is 17.8 Å². The van der Waals surface area contributed by atoms with Crippen LogP contribution in [0.2, 0.25) is 0 Å². The van der Waals surface area contributed by atoms with Crippen LogP contribution < -0.4 is 0 Å². The molecule has 1 rings (SSSR count). The van der Waals surface area contributed by atoms with Gasteiger partial charge in [-0.1, -0.05) is 34.1 Å². The number of amides is 1. The lowest BCUT2D eigenvalue weighted by molar-refractivity contribution is -0.140. The monoisotopic (exact) mass is 239 g/mol. The van der Waals surface area contributed by atoms with Crippen molar-refractivity contribution < 1.29 is 4.79 Å². The minimum absolute atomic E-state index is 0.218. The van der Waals surface area contributed by atoms with E-state index in [1.54, 1.807) is 0 Å². The lowest BCUT2D eigenvalue weighted by atomic mass is 9.88. The lowest BCUT2D eigenvalue weighted by Gasteiger charge is -2.33. The van der Waals surface area contributed by atoms with Gasteiger partial charge in [-0.3, -0.25) is 4.79 Å². The quantitative estimate of drug-likeness (QED) is 0.732. The SMILES string of the molecule is CCC(C)C(CC)C(=O)N1C(C)C(C)C[C@H]1C. The first kappa shape index (κ1) is 14.5. The minimum Gasteiger partial charge on any atom is -0.337 e. The molecule has 2 heteroatoms. The standard InChI is InChI=1S/C15H29NO/c1-7-10(3)14(8-2)15(17)16-12(5)9-11(4)13(16)6/h10-14H,7-9H2,1-6H3/t10?,11?,12-,13?,14?/m1/s1. The minimum atomic E-state index is 0.218. The molecule has 1 aliphatic rings. The largest absolute Gasteiger partial charge is 0.337 e. The Labute approximate surface area is 107 Å². The third-order valence-electron chi connectivity index (χ3n) is 4.79. The van der Waals surface area contributed by atoms with E-state index >= 15 is 0 Å². The Hall–Kier alpha value is -0.530. The predicted molar refractivity (Wildman–Crippen MR) is 72.8 cm³/mol. The molecule has 1 fully saturated rings. The Bertz CT molecular complexity index is 264. The molecule has 1 aliphatic heterocycles. The first-order chi connectivity index (χ1) is 7.93. The van der Waals surface area contributed by atoms with Gasteiger partial charge in [-0.2, -0.15) is 0 Å². The van der Waals surface area contributed by atoms with Crippen molar-refractivity contribution in [1.82, 2.24) is 4.90 Å². The molecule has 100 valence electrons. The average molecular weight is 239 g/mol. The van der Waals surface area contributed by atoms with Gasteiger partial charge < -0.3 is 4.90 Å². The van der Waals surface area contributed by atoms with Gasteiger partial charge in [0.1, 0.15) is 0 Å². The number of rotatable bonds is 4. The van der Waals surface area contributed by atoms with Crippen LogP contribution in [0.4, 0.5) is 0 Å². The summed E-state index contributed by atoms with van der Waals surface area (Å²) in [6, 6.07) is 0.834. The number of carbonyl (C=O) groups excluding carboxylic acids is 1. The van der Waals surface area contributed by atoms with Gasteiger partial charge in [0.15, 0.2) is 0 Å². The molecule has 1 heterocycles. The summed E-state index contributed by atoms with van der Waals surface area (Å²) in [5, 5.41) is 0. The zero-order valence-electron chi connectivity index (χ0n) is 12.4. The third kappa shape index (κ3) is 2.83. The van der Waals surface area contributed by atoms with Gasteiger partial charge in [-0.25, -0.2) is 0 Å². The Morgan fingerprint density at radius 2 is 1.82 bits per heavy atom. The van der Waals surface area contributed by atoms with Crippen LogP contribution in [0.1, 0.15) is 60.8 Å². The highest BCUT2D eigenvalue weighted by atomic mass is 16.2. The van der Waals surface area contributed by atoms with Gasteiger partial charge in [0.25, 0.3) is 0 Å². The van der Waals surface area contributed by atoms with Gasteiger partial charge in [0.2, 0.25) is 5.91 Å². The smallest absolute Gasteiger partial charge is 0.226 e. The molecule has 1 saturated heterocycles. The van der Waals surface area contributed by atoms with Gasteiger partial charge in [0.05, 0.1) is 0 Å². The predicted octanol–water partition coefficient (Wildman–Crippen LogP) is 3.70. The lowest BCUT2D eigenvalue weighted by Crippen LogP contribution is -2.44. The maximum Gasteiger partial charge on any atom is 0.226 e. The van der Waals surface area contributed by atoms with Gasteiger partial charge in [0, 0.05) is 18.0 Å². The number of hydrogen-bond donors (Lipinski definition) is 0. The molecule has 0 aromatic carbocycles. The summed E-state index contributed by atoms with van der Waals surface area (Å²) in [6.07, 6.45) is 3.22. The van der Waals surface area contributed by atoms with Crippen molar-refractivity contribution in [3.05, 3.63) is 0 Å². The molecule has 17 heavy (non-hydrogen) atoms. The molecule has 0 bridgehead atoms. The highest BCUT2D eigenvalue weighted by Gasteiger charge is 2.39. The van der Waals surface area contributed by atoms with E-state index in [0.29, 0.717) is 29.8 Å². The summed E-state index contributed by atoms with van der Waals surface area (Å²) < 4.78 is 0. The second-order valence-electron chi connectivity index (χ2n) is 5.95. The Balaban J connectivity index is 2.80. The molecule has 0 spiro atoms. The maximum atomic E-state index is 12.7. The topological polar surface area (TPSA) is 20.3 Å². The summed E-state index contributed by atoms with van der Waals surface area (Å²) in [7, 11) is 0. The first-order valence-corrected chi connectivity index (χ1v) is 7.26. The van der Waals surface area contributed by atoms with Gasteiger partial charge in [-0.05, 0) is 38.5 Å². The molecule has 0 aromatic rings. The molecular weight excluding hydrogens is 210 g/mol. The highest BCUT2D eigenvalue weighted by Crippen LogP contribution is 2.33. The molecule has 2 nitrogen and oxygen atoms in total. The van der Waals surface area contributed by atoms with E-state index in [4.69, 9.17) is 0 Å². The van der Waals surface area contributed by atoms with Crippen molar-refractivity contribution in [3.8, 4) is 0 Å². The fourth-order valence-electron chi connectivity index (χ4n) is 3.24. The van der Waals surface area contributed by atoms with Crippen LogP contribution in [0, 0.1) is 17.8 Å². The molecule has 0 aliphatic carbocycles. The van der Waals surface area contributed by atoms with Crippen LogP contribution in [0.3, 0.4) is 0 Å². The summed E-state index contributed by atoms with van der Waals surface area (Å²) in [5.41, 5.74) is 0. The summed E-state index contributed by atoms with van der Waals surface area (Å²) in [6.45, 7) is 13.2. The van der Waals surface area contributed by atoms with Crippen LogP contribution in [0.15, 0.2) is 0 Å². The van der Waals surface area contributed by atoms with Gasteiger partial charge in [-0.15, -0.1) is 0 Å². The van der Waals surface area contributed by atoms with Crippen molar-refractivity contribution in [2.75, 3.05) is 0 Å². The van der Waals surface area contributed by atoms with Gasteiger partial charge >= 0.3 is 0 Å². The fourth-order valence-corrected chi connectivity index (χ4v) is 3.24. The molecule has 0 aromatic heterocycles. The van der Waals surface area contributed by atoms with Crippen LogP contribution in [0.25, 0.3) is 0 Å². The van der Waals surface area contributed by atoms with Crippen molar-refractivity contribution in [2.45, 2.75) is 72.9 Å². The third-order valence-corrected chi connectivity index (χ3v) is 4.79. The molecular formula is C15H29NO. The molecule has 5 atom stereocenters. The summed E-state index contributed by atoms with van der Waals surface area (Å²) >= 11 is 0. The van der Waals surface area contributed by atoms with Crippen molar-refractivity contribution in [3.63, 3.8) is 0 Å². The fraction of sp³-hybridized carbons (Fsp3) is 0.933. The summed E-state index contributed by atoms with van der Waals surface area (Å²) in [4.78, 5) is 14.8. The molecule has 4 unspecified atom stereocenters. The maximum absolute atomic E-state index is 12.7. The molecule has 1 amide bonds. The highest BCUT2D eigenvalue weighted by molar-refractivity contribution is 5.80. The Morgan fingerprint density at radius 3 is 2.18 bits per heavy atom. The number of carbonyl (C=O) groups is 1. The first-order valence-electron chi connectivity index (χ1n) is 7.26. The van der Waals surface area contributed by atoms with Crippen LogP contribution in [-0.4, -0.2) is 22.9 Å². The van der Waals surface area contributed by atoms with E-state index < -0.39 is 0 Å². The number of likely N-dealkylation sites (tertiary alicyclic amines) is 1. The van der Waals surface area contributed by atoms with Crippen molar-refractivity contribution in [1.29, 1.82) is 0 Å². The van der Waals surface area contributed by atoms with E-state index in [1.165, 1.54) is 0 Å². The normalized spacial score (nSPS) is 32.6. The second kappa shape index (κ2) is 5.88. The Morgan fingerprint density at radius 1 is 1.24 bits per heavy atom. The van der Waals surface area contributed by atoms with E-state index in [-0.39, 0.29) is 5.92 Å². The molecule has 0 N–H and O–H groups in total. The summed E-state index contributed by atoms with van der Waals surface area (Å²) in [5.74, 6) is 1.76. The average Bonchev–Trinajstić information content (AvgIpc) is 2.53. The second-order valence-corrected chi connectivity index (χ2v) is 5.95. The van der Waals surface area contributed by atoms with E-state index in [0.717, 1.165) is 19.3 Å². The molecule has 0 radical (unpaired) electrons. The number of nitrogens with zero attached hydrogens (tertiary/aromatic N) is 1. The van der Waals surface area contributed by atoms with E-state index in [1.807, 2.05) is 0 Å². The van der Waals surface area contributed by atoms with E-state index in [2.05, 4.69) is 46.4 Å².